The molecule has 3 rings (SSSR count). The van der Waals surface area contributed by atoms with Crippen LogP contribution in [0.5, 0.6) is 0 Å². The Balaban J connectivity index is 0.00000176. The van der Waals surface area contributed by atoms with E-state index in [9.17, 15) is 9.59 Å². The van der Waals surface area contributed by atoms with Crippen LogP contribution in [-0.4, -0.2) is 30.9 Å². The summed E-state index contributed by atoms with van der Waals surface area (Å²) >= 11 is 0. The third kappa shape index (κ3) is 3.59. The van der Waals surface area contributed by atoms with Gasteiger partial charge in [-0.2, -0.15) is 0 Å². The molecule has 1 saturated heterocycles. The van der Waals surface area contributed by atoms with Gasteiger partial charge < -0.3 is 16.0 Å². The van der Waals surface area contributed by atoms with Gasteiger partial charge in [-0.25, -0.2) is 0 Å². The average molecular weight is 324 g/mol. The molecule has 0 spiro atoms. The molecule has 2 unspecified atom stereocenters. The molecule has 5 nitrogen and oxygen atoms in total. The zero-order valence-corrected chi connectivity index (χ0v) is 13.5. The fourth-order valence-electron chi connectivity index (χ4n) is 3.00. The van der Waals surface area contributed by atoms with Crippen molar-refractivity contribution in [2.75, 3.05) is 18.4 Å². The van der Waals surface area contributed by atoms with E-state index in [0.29, 0.717) is 24.3 Å². The summed E-state index contributed by atoms with van der Waals surface area (Å²) in [4.78, 5) is 23.7. The number of carbonyl (C=O) groups excluding carboxylic acids is 2. The highest BCUT2D eigenvalue weighted by molar-refractivity contribution is 5.98. The molecule has 0 radical (unpaired) electrons. The summed E-state index contributed by atoms with van der Waals surface area (Å²) in [5.74, 6) is 0.469. The number of hydrogen-bond donors (Lipinski definition) is 3. The Morgan fingerprint density at radius 2 is 2.14 bits per heavy atom. The number of halogens is 1. The average Bonchev–Trinajstić information content (AvgIpc) is 2.49. The van der Waals surface area contributed by atoms with Crippen LogP contribution in [0.2, 0.25) is 0 Å². The van der Waals surface area contributed by atoms with E-state index in [1.165, 1.54) is 0 Å². The number of piperidine rings is 1. The molecule has 1 fully saturated rings. The number of anilines is 1. The van der Waals surface area contributed by atoms with E-state index in [0.717, 1.165) is 30.8 Å². The molecule has 0 bridgehead atoms. The third-order valence-electron chi connectivity index (χ3n) is 4.36. The van der Waals surface area contributed by atoms with Gasteiger partial charge >= 0.3 is 0 Å². The Hall–Kier alpha value is -1.59. The van der Waals surface area contributed by atoms with Crippen molar-refractivity contribution >= 4 is 29.9 Å². The quantitative estimate of drug-likeness (QED) is 0.776. The van der Waals surface area contributed by atoms with Crippen molar-refractivity contribution < 1.29 is 9.59 Å². The van der Waals surface area contributed by atoms with Gasteiger partial charge in [-0.1, -0.05) is 6.92 Å². The molecular weight excluding hydrogens is 302 g/mol. The van der Waals surface area contributed by atoms with Gasteiger partial charge in [0.05, 0.1) is 0 Å². The second kappa shape index (κ2) is 7.11. The number of rotatable bonds is 2. The van der Waals surface area contributed by atoms with E-state index in [1.54, 1.807) is 6.07 Å². The second-order valence-electron chi connectivity index (χ2n) is 5.97. The van der Waals surface area contributed by atoms with Crippen LogP contribution in [0.1, 0.15) is 35.7 Å². The molecule has 2 aliphatic heterocycles. The lowest BCUT2D eigenvalue weighted by Gasteiger charge is -2.30. The lowest BCUT2D eigenvalue weighted by molar-refractivity contribution is -0.116. The van der Waals surface area contributed by atoms with Gasteiger partial charge in [0, 0.05) is 23.7 Å². The van der Waals surface area contributed by atoms with Crippen LogP contribution in [0.4, 0.5) is 5.69 Å². The van der Waals surface area contributed by atoms with Crippen LogP contribution in [0, 0.1) is 5.92 Å². The number of aryl methyl sites for hydroxylation is 1. The molecule has 2 amide bonds. The summed E-state index contributed by atoms with van der Waals surface area (Å²) in [5, 5.41) is 9.30. The highest BCUT2D eigenvalue weighted by Crippen LogP contribution is 2.23. The summed E-state index contributed by atoms with van der Waals surface area (Å²) in [6.07, 6.45) is 2.16. The predicted molar refractivity (Wildman–Crippen MR) is 88.5 cm³/mol. The molecule has 120 valence electrons. The topological polar surface area (TPSA) is 70.2 Å². The van der Waals surface area contributed by atoms with Crippen molar-refractivity contribution in [3.8, 4) is 0 Å². The smallest absolute Gasteiger partial charge is 0.251 e. The zero-order valence-electron chi connectivity index (χ0n) is 12.6. The van der Waals surface area contributed by atoms with Crippen molar-refractivity contribution in [2.24, 2.45) is 5.92 Å². The van der Waals surface area contributed by atoms with E-state index in [1.807, 2.05) is 12.1 Å². The molecule has 22 heavy (non-hydrogen) atoms. The number of benzene rings is 1. The van der Waals surface area contributed by atoms with Gasteiger partial charge in [0.15, 0.2) is 0 Å². The van der Waals surface area contributed by atoms with Gasteiger partial charge in [0.2, 0.25) is 5.91 Å². The number of amides is 2. The molecule has 0 saturated carbocycles. The van der Waals surface area contributed by atoms with Crippen molar-refractivity contribution in [3.63, 3.8) is 0 Å². The fourth-order valence-corrected chi connectivity index (χ4v) is 3.00. The standard InChI is InChI=1S/C16H21N3O2.ClH/c1-10-9-17-7-6-13(10)19-16(21)12-2-4-14-11(8-12)3-5-15(20)18-14;/h2,4,8,10,13,17H,3,5-7,9H2,1H3,(H,18,20)(H,19,21);1H. The first kappa shape index (κ1) is 16.8. The first-order valence-electron chi connectivity index (χ1n) is 7.58. The predicted octanol–water partition coefficient (Wildman–Crippen LogP) is 1.72. The van der Waals surface area contributed by atoms with Crippen LogP contribution >= 0.6 is 12.4 Å². The first-order chi connectivity index (χ1) is 10.1. The Morgan fingerprint density at radius 3 is 2.91 bits per heavy atom. The van der Waals surface area contributed by atoms with Gasteiger partial charge in [0.1, 0.15) is 0 Å². The summed E-state index contributed by atoms with van der Waals surface area (Å²) < 4.78 is 0. The van der Waals surface area contributed by atoms with Crippen LogP contribution in [0.3, 0.4) is 0 Å². The highest BCUT2D eigenvalue weighted by atomic mass is 35.5. The molecule has 2 atom stereocenters. The number of carbonyl (C=O) groups is 2. The zero-order chi connectivity index (χ0) is 14.8. The maximum Gasteiger partial charge on any atom is 0.251 e. The largest absolute Gasteiger partial charge is 0.349 e. The van der Waals surface area contributed by atoms with Gasteiger partial charge in [-0.05, 0) is 55.6 Å². The maximum absolute atomic E-state index is 12.4. The second-order valence-corrected chi connectivity index (χ2v) is 5.97. The molecule has 2 heterocycles. The van der Waals surface area contributed by atoms with Crippen LogP contribution in [-0.2, 0) is 11.2 Å². The Kier molecular flexibility index (Phi) is 5.42. The normalized spacial score (nSPS) is 23.8. The Morgan fingerprint density at radius 1 is 1.32 bits per heavy atom. The van der Waals surface area contributed by atoms with Gasteiger partial charge in [-0.15, -0.1) is 12.4 Å². The van der Waals surface area contributed by atoms with Crippen molar-refractivity contribution in [2.45, 2.75) is 32.2 Å². The minimum Gasteiger partial charge on any atom is -0.349 e. The maximum atomic E-state index is 12.4. The SMILES string of the molecule is CC1CNCCC1NC(=O)c1ccc2c(c1)CCC(=O)N2.Cl. The monoisotopic (exact) mass is 323 g/mol. The van der Waals surface area contributed by atoms with E-state index in [2.05, 4.69) is 22.9 Å². The number of fused-ring (bicyclic) bond motifs is 1. The molecular formula is C16H22ClN3O2. The lowest BCUT2D eigenvalue weighted by atomic mass is 9.94. The molecule has 6 heteroatoms. The third-order valence-corrected chi connectivity index (χ3v) is 4.36. The molecule has 1 aromatic carbocycles. The molecule has 0 aromatic heterocycles. The van der Waals surface area contributed by atoms with Crippen molar-refractivity contribution in [3.05, 3.63) is 29.3 Å². The van der Waals surface area contributed by atoms with Crippen LogP contribution in [0.25, 0.3) is 0 Å². The van der Waals surface area contributed by atoms with E-state index < -0.39 is 0 Å². The van der Waals surface area contributed by atoms with Gasteiger partial charge in [0.25, 0.3) is 5.91 Å². The lowest BCUT2D eigenvalue weighted by Crippen LogP contribution is -2.48. The summed E-state index contributed by atoms with van der Waals surface area (Å²) in [7, 11) is 0. The minimum absolute atomic E-state index is 0. The van der Waals surface area contributed by atoms with Gasteiger partial charge in [-0.3, -0.25) is 9.59 Å². The van der Waals surface area contributed by atoms with Crippen molar-refractivity contribution in [1.29, 1.82) is 0 Å². The van der Waals surface area contributed by atoms with Crippen LogP contribution < -0.4 is 16.0 Å². The molecule has 2 aliphatic rings. The summed E-state index contributed by atoms with van der Waals surface area (Å²) in [6, 6.07) is 5.74. The molecule has 0 aliphatic carbocycles. The summed E-state index contributed by atoms with van der Waals surface area (Å²) in [5.41, 5.74) is 2.55. The van der Waals surface area contributed by atoms with E-state index in [4.69, 9.17) is 0 Å². The minimum atomic E-state index is -0.0200. The number of hydrogen-bond acceptors (Lipinski definition) is 3. The Labute approximate surface area is 136 Å². The molecule has 3 N–H and O–H groups in total. The highest BCUT2D eigenvalue weighted by Gasteiger charge is 2.23. The first-order valence-corrected chi connectivity index (χ1v) is 7.58. The van der Waals surface area contributed by atoms with E-state index >= 15 is 0 Å². The van der Waals surface area contributed by atoms with Crippen molar-refractivity contribution in [1.82, 2.24) is 10.6 Å². The molecule has 1 aromatic rings. The van der Waals surface area contributed by atoms with Crippen LogP contribution in [0.15, 0.2) is 18.2 Å². The fraction of sp³-hybridized carbons (Fsp3) is 0.500. The van der Waals surface area contributed by atoms with E-state index in [-0.39, 0.29) is 30.3 Å². The Bertz CT molecular complexity index is 577. The number of nitrogens with one attached hydrogen (secondary N) is 3. The summed E-state index contributed by atoms with van der Waals surface area (Å²) in [6.45, 7) is 4.05.